The van der Waals surface area contributed by atoms with Crippen LogP contribution in [0.5, 0.6) is 0 Å². The summed E-state index contributed by atoms with van der Waals surface area (Å²) >= 11 is 0. The highest BCUT2D eigenvalue weighted by Crippen LogP contribution is 2.43. The molecule has 0 aliphatic heterocycles. The number of unbranched alkanes of at least 4 members (excludes halogenated alkanes) is 23. The zero-order valence-corrected chi connectivity index (χ0v) is 32.1. The molecule has 0 aliphatic rings. The smallest absolute Gasteiger partial charge is 0.472 e. The topological polar surface area (TPSA) is 117 Å². The van der Waals surface area contributed by atoms with Crippen molar-refractivity contribution in [3.05, 3.63) is 24.5 Å². The summed E-state index contributed by atoms with van der Waals surface area (Å²) in [5, 5.41) is 0. The molecule has 3 N–H and O–H groups in total. The Morgan fingerprint density at radius 3 is 1.56 bits per heavy atom. The molecule has 284 valence electrons. The lowest BCUT2D eigenvalue weighted by Gasteiger charge is -2.19. The van der Waals surface area contributed by atoms with Crippen LogP contribution in [0.2, 0.25) is 0 Å². The quantitative estimate of drug-likeness (QED) is 0.0215. The van der Waals surface area contributed by atoms with Crippen molar-refractivity contribution < 1.29 is 32.8 Å². The first kappa shape index (κ1) is 46.8. The van der Waals surface area contributed by atoms with E-state index >= 15 is 0 Å². The van der Waals surface area contributed by atoms with Gasteiger partial charge in [0.15, 0.2) is 6.10 Å². The minimum absolute atomic E-state index is 0.0317. The number of nitrogens with two attached hydrogens (primary N) is 1. The van der Waals surface area contributed by atoms with E-state index in [1.807, 2.05) is 6.08 Å². The predicted octanol–water partition coefficient (Wildman–Crippen LogP) is 11.6. The lowest BCUT2D eigenvalue weighted by atomic mass is 10.0. The number of ether oxygens (including phenoxy) is 2. The summed E-state index contributed by atoms with van der Waals surface area (Å²) < 4.78 is 33.1. The molecule has 0 aromatic carbocycles. The second kappa shape index (κ2) is 37.1. The zero-order valence-electron chi connectivity index (χ0n) is 31.2. The van der Waals surface area contributed by atoms with Crippen LogP contribution in [0.3, 0.4) is 0 Å². The number of hydrogen-bond donors (Lipinski definition) is 2. The number of allylic oxidation sites excluding steroid dienone is 3. The number of phosphoric acid groups is 1. The summed E-state index contributed by atoms with van der Waals surface area (Å²) in [6, 6.07) is 0. The molecule has 0 bridgehead atoms. The van der Waals surface area contributed by atoms with Gasteiger partial charge in [0.05, 0.1) is 19.5 Å². The van der Waals surface area contributed by atoms with Gasteiger partial charge in [-0.3, -0.25) is 13.8 Å². The van der Waals surface area contributed by atoms with E-state index in [1.165, 1.54) is 122 Å². The van der Waals surface area contributed by atoms with Crippen LogP contribution in [0, 0.1) is 0 Å². The minimum atomic E-state index is -4.29. The average molecular weight is 702 g/mol. The summed E-state index contributed by atoms with van der Waals surface area (Å²) in [7, 11) is -4.29. The Bertz CT molecular complexity index is 792. The molecular formula is C39H76NO7P. The van der Waals surface area contributed by atoms with E-state index in [9.17, 15) is 14.3 Å². The highest BCUT2D eigenvalue weighted by atomic mass is 31.2. The third kappa shape index (κ3) is 36.1. The van der Waals surface area contributed by atoms with Crippen molar-refractivity contribution in [2.75, 3.05) is 26.4 Å². The van der Waals surface area contributed by atoms with Gasteiger partial charge in [0, 0.05) is 13.0 Å². The van der Waals surface area contributed by atoms with Crippen molar-refractivity contribution in [1.82, 2.24) is 0 Å². The summed E-state index contributed by atoms with van der Waals surface area (Å²) in [5.41, 5.74) is 5.35. The lowest BCUT2D eigenvalue weighted by Crippen LogP contribution is -2.27. The number of carbonyl (C=O) groups excluding carboxylic acids is 1. The van der Waals surface area contributed by atoms with Gasteiger partial charge in [0.2, 0.25) is 0 Å². The van der Waals surface area contributed by atoms with E-state index in [-0.39, 0.29) is 32.3 Å². The Morgan fingerprint density at radius 1 is 0.625 bits per heavy atom. The monoisotopic (exact) mass is 702 g/mol. The van der Waals surface area contributed by atoms with Gasteiger partial charge in [-0.2, -0.15) is 0 Å². The molecule has 8 nitrogen and oxygen atoms in total. The summed E-state index contributed by atoms with van der Waals surface area (Å²) in [5.74, 6) is -0.361. The number of esters is 1. The highest BCUT2D eigenvalue weighted by molar-refractivity contribution is 7.47. The number of hydrogen-bond acceptors (Lipinski definition) is 7. The maximum absolute atomic E-state index is 12.5. The first-order valence-corrected chi connectivity index (χ1v) is 21.4. The van der Waals surface area contributed by atoms with E-state index in [2.05, 4.69) is 26.0 Å². The van der Waals surface area contributed by atoms with Crippen molar-refractivity contribution >= 4 is 13.8 Å². The molecule has 1 unspecified atom stereocenters. The molecule has 0 amide bonds. The Labute approximate surface area is 296 Å². The van der Waals surface area contributed by atoms with Gasteiger partial charge in [-0.15, -0.1) is 0 Å². The average Bonchev–Trinajstić information content (AvgIpc) is 3.07. The zero-order chi connectivity index (χ0) is 35.2. The van der Waals surface area contributed by atoms with Crippen LogP contribution in [0.4, 0.5) is 0 Å². The molecule has 2 atom stereocenters. The van der Waals surface area contributed by atoms with Crippen LogP contribution >= 0.6 is 7.82 Å². The molecule has 9 heteroatoms. The van der Waals surface area contributed by atoms with Crippen LogP contribution in [-0.4, -0.2) is 43.3 Å². The van der Waals surface area contributed by atoms with Gasteiger partial charge in [-0.25, -0.2) is 4.57 Å². The second-order valence-corrected chi connectivity index (χ2v) is 14.7. The van der Waals surface area contributed by atoms with E-state index in [0.717, 1.165) is 44.9 Å². The third-order valence-corrected chi connectivity index (χ3v) is 9.42. The molecule has 0 saturated heterocycles. The van der Waals surface area contributed by atoms with E-state index in [4.69, 9.17) is 24.3 Å². The van der Waals surface area contributed by atoms with E-state index in [1.54, 1.807) is 6.26 Å². The van der Waals surface area contributed by atoms with Crippen molar-refractivity contribution in [1.29, 1.82) is 0 Å². The fourth-order valence-electron chi connectivity index (χ4n) is 5.49. The van der Waals surface area contributed by atoms with Gasteiger partial charge in [0.1, 0.15) is 6.61 Å². The van der Waals surface area contributed by atoms with Crippen LogP contribution in [0.15, 0.2) is 24.5 Å². The van der Waals surface area contributed by atoms with Crippen LogP contribution in [0.1, 0.15) is 187 Å². The number of phosphoric ester groups is 1. The van der Waals surface area contributed by atoms with Crippen molar-refractivity contribution in [3.63, 3.8) is 0 Å². The molecule has 0 aliphatic carbocycles. The van der Waals surface area contributed by atoms with Gasteiger partial charge in [0.25, 0.3) is 0 Å². The van der Waals surface area contributed by atoms with Crippen LogP contribution in [0.25, 0.3) is 0 Å². The summed E-state index contributed by atoms with van der Waals surface area (Å²) in [6.45, 7) is 4.22. The lowest BCUT2D eigenvalue weighted by molar-refractivity contribution is -0.153. The first-order chi connectivity index (χ1) is 23.4. The fourth-order valence-corrected chi connectivity index (χ4v) is 6.25. The molecule has 0 aromatic rings. The molecule has 48 heavy (non-hydrogen) atoms. The summed E-state index contributed by atoms with van der Waals surface area (Å²) in [6.07, 6.45) is 40.0. The van der Waals surface area contributed by atoms with E-state index < -0.39 is 13.9 Å². The van der Waals surface area contributed by atoms with Crippen LogP contribution in [-0.2, 0) is 27.9 Å². The molecule has 0 saturated carbocycles. The second-order valence-electron chi connectivity index (χ2n) is 13.2. The Morgan fingerprint density at radius 2 is 1.06 bits per heavy atom. The SMILES string of the molecule is CCCCCC/C=C\CCCCCCCC(=O)O[C@H](CO/C=C\CCCCCCCCCCCCCCCC)COP(=O)(O)OCCN. The summed E-state index contributed by atoms with van der Waals surface area (Å²) in [4.78, 5) is 22.4. The number of carbonyl (C=O) groups is 1. The molecule has 0 rings (SSSR count). The van der Waals surface area contributed by atoms with Crippen molar-refractivity contribution in [2.45, 2.75) is 193 Å². The molecule has 0 fully saturated rings. The Balaban J connectivity index is 4.12. The minimum Gasteiger partial charge on any atom is -0.498 e. The molecule has 0 spiro atoms. The van der Waals surface area contributed by atoms with Crippen molar-refractivity contribution in [2.24, 2.45) is 5.73 Å². The maximum Gasteiger partial charge on any atom is 0.472 e. The highest BCUT2D eigenvalue weighted by Gasteiger charge is 2.25. The molecule has 0 aromatic heterocycles. The normalized spacial score (nSPS) is 13.8. The maximum atomic E-state index is 12.5. The molecule has 0 heterocycles. The van der Waals surface area contributed by atoms with Crippen molar-refractivity contribution in [3.8, 4) is 0 Å². The van der Waals surface area contributed by atoms with Gasteiger partial charge in [-0.05, 0) is 51.0 Å². The van der Waals surface area contributed by atoms with Gasteiger partial charge >= 0.3 is 13.8 Å². The predicted molar refractivity (Wildman–Crippen MR) is 201 cm³/mol. The third-order valence-electron chi connectivity index (χ3n) is 8.44. The largest absolute Gasteiger partial charge is 0.498 e. The van der Waals surface area contributed by atoms with Gasteiger partial charge in [-0.1, -0.05) is 148 Å². The Kier molecular flexibility index (Phi) is 36.2. The number of rotatable bonds is 38. The molecular weight excluding hydrogens is 625 g/mol. The fraction of sp³-hybridized carbons (Fsp3) is 0.872. The van der Waals surface area contributed by atoms with E-state index in [0.29, 0.717) is 6.42 Å². The van der Waals surface area contributed by atoms with Crippen LogP contribution < -0.4 is 5.73 Å². The molecule has 0 radical (unpaired) electrons. The Hall–Kier alpha value is -1.18. The van der Waals surface area contributed by atoms with Gasteiger partial charge < -0.3 is 20.1 Å². The first-order valence-electron chi connectivity index (χ1n) is 19.9. The standard InChI is InChI=1S/C39H76NO7P/c1-3-5-7-9-11-13-15-17-18-19-21-23-25-27-29-31-34-44-36-38(37-46-48(42,43)45-35-33-40)47-39(41)32-30-28-26-24-22-20-16-14-12-10-8-6-4-2/h14,16,31,34,38H,3-13,15,17-30,32-33,35-37,40H2,1-2H3,(H,42,43)/b16-14-,34-31-/t38-/m1/s1.